The zero-order valence-corrected chi connectivity index (χ0v) is 14.2. The monoisotopic (exact) mass is 355 g/mol. The van der Waals surface area contributed by atoms with Crippen LogP contribution < -0.4 is 14.8 Å². The first-order chi connectivity index (χ1) is 12.7. The smallest absolute Gasteiger partial charge is 0.258 e. The number of halogens is 1. The van der Waals surface area contributed by atoms with Crippen LogP contribution in [0, 0.1) is 5.82 Å². The van der Waals surface area contributed by atoms with Crippen LogP contribution >= 0.6 is 0 Å². The highest BCUT2D eigenvalue weighted by Gasteiger charge is 2.17. The van der Waals surface area contributed by atoms with Crippen LogP contribution in [-0.4, -0.2) is 23.0 Å². The first-order valence-electron chi connectivity index (χ1n) is 8.38. The van der Waals surface area contributed by atoms with Crippen molar-refractivity contribution in [3.8, 4) is 23.0 Å². The molecule has 2 aromatic carbocycles. The van der Waals surface area contributed by atoms with Crippen LogP contribution in [-0.2, 0) is 13.0 Å². The highest BCUT2D eigenvalue weighted by molar-refractivity contribution is 5.60. The molecule has 0 fully saturated rings. The minimum atomic E-state index is -0.189. The predicted molar refractivity (Wildman–Crippen MR) is 92.3 cm³/mol. The van der Waals surface area contributed by atoms with Crippen molar-refractivity contribution in [3.63, 3.8) is 0 Å². The van der Waals surface area contributed by atoms with Gasteiger partial charge in [-0.25, -0.2) is 4.39 Å². The lowest BCUT2D eigenvalue weighted by molar-refractivity contribution is 0.174. The first-order valence-corrected chi connectivity index (χ1v) is 8.38. The highest BCUT2D eigenvalue weighted by atomic mass is 19.1. The predicted octanol–water partition coefficient (Wildman–Crippen LogP) is 3.33. The Kier molecular flexibility index (Phi) is 4.53. The number of ether oxygens (including phenoxy) is 2. The van der Waals surface area contributed by atoms with Crippen molar-refractivity contribution < 1.29 is 18.4 Å². The molecular formula is C19H18FN3O3. The maximum Gasteiger partial charge on any atom is 0.258 e. The van der Waals surface area contributed by atoms with Crippen molar-refractivity contribution in [1.82, 2.24) is 15.5 Å². The van der Waals surface area contributed by atoms with Crippen molar-refractivity contribution in [1.29, 1.82) is 0 Å². The highest BCUT2D eigenvalue weighted by Crippen LogP contribution is 2.35. The Morgan fingerprint density at radius 2 is 2.00 bits per heavy atom. The minimum absolute atomic E-state index is 0.0689. The average molecular weight is 355 g/mol. The SMILES string of the molecule is CC(Cc1ccccc1F)NCc1noc(-c2ccc3c(c2)OCO3)n1. The van der Waals surface area contributed by atoms with Crippen molar-refractivity contribution in [2.24, 2.45) is 0 Å². The Labute approximate surface area is 149 Å². The summed E-state index contributed by atoms with van der Waals surface area (Å²) in [5.74, 6) is 2.14. The number of hydrogen-bond acceptors (Lipinski definition) is 6. The van der Waals surface area contributed by atoms with Gasteiger partial charge in [-0.2, -0.15) is 4.98 Å². The van der Waals surface area contributed by atoms with Crippen LogP contribution in [0.3, 0.4) is 0 Å². The summed E-state index contributed by atoms with van der Waals surface area (Å²) in [6, 6.07) is 12.3. The molecule has 26 heavy (non-hydrogen) atoms. The molecule has 1 aliphatic rings. The summed E-state index contributed by atoms with van der Waals surface area (Å²) >= 11 is 0. The van der Waals surface area contributed by atoms with Gasteiger partial charge in [0.15, 0.2) is 17.3 Å². The minimum Gasteiger partial charge on any atom is -0.454 e. The maximum absolute atomic E-state index is 13.7. The van der Waals surface area contributed by atoms with E-state index in [2.05, 4.69) is 15.5 Å². The first kappa shape index (κ1) is 16.5. The number of benzene rings is 2. The molecule has 134 valence electrons. The number of hydrogen-bond donors (Lipinski definition) is 1. The second-order valence-corrected chi connectivity index (χ2v) is 6.16. The number of aromatic nitrogens is 2. The summed E-state index contributed by atoms with van der Waals surface area (Å²) in [5, 5.41) is 7.27. The van der Waals surface area contributed by atoms with E-state index in [0.29, 0.717) is 41.7 Å². The number of nitrogens with one attached hydrogen (secondary N) is 1. The van der Waals surface area contributed by atoms with Gasteiger partial charge in [-0.1, -0.05) is 23.4 Å². The van der Waals surface area contributed by atoms with Crippen LogP contribution in [0.15, 0.2) is 47.0 Å². The molecule has 1 aliphatic heterocycles. The van der Waals surface area contributed by atoms with E-state index in [1.165, 1.54) is 6.07 Å². The van der Waals surface area contributed by atoms with Gasteiger partial charge >= 0.3 is 0 Å². The molecule has 0 spiro atoms. The second kappa shape index (κ2) is 7.13. The lowest BCUT2D eigenvalue weighted by Gasteiger charge is -2.12. The zero-order chi connectivity index (χ0) is 17.9. The molecule has 0 saturated carbocycles. The van der Waals surface area contributed by atoms with E-state index in [9.17, 15) is 4.39 Å². The molecule has 1 unspecified atom stereocenters. The fourth-order valence-corrected chi connectivity index (χ4v) is 2.80. The largest absolute Gasteiger partial charge is 0.454 e. The second-order valence-electron chi connectivity index (χ2n) is 6.16. The molecule has 7 heteroatoms. The van der Waals surface area contributed by atoms with Crippen molar-refractivity contribution in [3.05, 3.63) is 59.7 Å². The molecule has 0 aliphatic carbocycles. The molecule has 0 bridgehead atoms. The van der Waals surface area contributed by atoms with Crippen LogP contribution in [0.2, 0.25) is 0 Å². The van der Waals surface area contributed by atoms with E-state index in [1.54, 1.807) is 12.1 Å². The quantitative estimate of drug-likeness (QED) is 0.731. The van der Waals surface area contributed by atoms with Gasteiger partial charge in [-0.3, -0.25) is 0 Å². The van der Waals surface area contributed by atoms with E-state index in [4.69, 9.17) is 14.0 Å². The molecule has 0 amide bonds. The van der Waals surface area contributed by atoms with E-state index in [0.717, 1.165) is 5.56 Å². The van der Waals surface area contributed by atoms with Crippen LogP contribution in [0.5, 0.6) is 11.5 Å². The van der Waals surface area contributed by atoms with E-state index >= 15 is 0 Å². The van der Waals surface area contributed by atoms with Gasteiger partial charge in [-0.05, 0) is 43.2 Å². The van der Waals surface area contributed by atoms with Gasteiger partial charge in [0.05, 0.1) is 6.54 Å². The molecule has 1 aromatic heterocycles. The van der Waals surface area contributed by atoms with Crippen LogP contribution in [0.25, 0.3) is 11.5 Å². The number of rotatable bonds is 6. The Bertz CT molecular complexity index is 913. The van der Waals surface area contributed by atoms with Gasteiger partial charge in [0.2, 0.25) is 6.79 Å². The molecule has 0 saturated heterocycles. The van der Waals surface area contributed by atoms with Crippen LogP contribution in [0.4, 0.5) is 4.39 Å². The Balaban J connectivity index is 1.37. The third kappa shape index (κ3) is 3.52. The lowest BCUT2D eigenvalue weighted by Crippen LogP contribution is -2.28. The summed E-state index contributed by atoms with van der Waals surface area (Å²) in [7, 11) is 0. The summed E-state index contributed by atoms with van der Waals surface area (Å²) < 4.78 is 29.7. The Hall–Kier alpha value is -2.93. The molecule has 6 nitrogen and oxygen atoms in total. The van der Waals surface area contributed by atoms with Gasteiger partial charge in [0.1, 0.15) is 5.82 Å². The van der Waals surface area contributed by atoms with Crippen molar-refractivity contribution in [2.75, 3.05) is 6.79 Å². The van der Waals surface area contributed by atoms with Gasteiger partial charge < -0.3 is 19.3 Å². The topological polar surface area (TPSA) is 69.4 Å². The molecule has 0 radical (unpaired) electrons. The molecule has 2 heterocycles. The number of fused-ring (bicyclic) bond motifs is 1. The summed E-state index contributed by atoms with van der Waals surface area (Å²) in [6.07, 6.45) is 0.583. The lowest BCUT2D eigenvalue weighted by atomic mass is 10.1. The van der Waals surface area contributed by atoms with Crippen LogP contribution in [0.1, 0.15) is 18.3 Å². The molecule has 1 atom stereocenters. The van der Waals surface area contributed by atoms with E-state index in [-0.39, 0.29) is 18.7 Å². The van der Waals surface area contributed by atoms with Crippen molar-refractivity contribution >= 4 is 0 Å². The molecule has 4 rings (SSSR count). The zero-order valence-electron chi connectivity index (χ0n) is 14.2. The van der Waals surface area contributed by atoms with Gasteiger partial charge in [0, 0.05) is 11.6 Å². The Morgan fingerprint density at radius 1 is 1.15 bits per heavy atom. The third-order valence-corrected chi connectivity index (χ3v) is 4.18. The molecular weight excluding hydrogens is 337 g/mol. The summed E-state index contributed by atoms with van der Waals surface area (Å²) in [5.41, 5.74) is 1.45. The maximum atomic E-state index is 13.7. The molecule has 1 N–H and O–H groups in total. The van der Waals surface area contributed by atoms with Gasteiger partial charge in [0.25, 0.3) is 5.89 Å². The average Bonchev–Trinajstić information content (AvgIpc) is 3.30. The normalized spacial score (nSPS) is 13.8. The summed E-state index contributed by atoms with van der Waals surface area (Å²) in [4.78, 5) is 4.39. The van der Waals surface area contributed by atoms with E-state index < -0.39 is 0 Å². The number of nitrogens with zero attached hydrogens (tertiary/aromatic N) is 2. The third-order valence-electron chi connectivity index (χ3n) is 4.18. The van der Waals surface area contributed by atoms with Crippen molar-refractivity contribution in [2.45, 2.75) is 25.9 Å². The fraction of sp³-hybridized carbons (Fsp3) is 0.263. The Morgan fingerprint density at radius 3 is 2.88 bits per heavy atom. The van der Waals surface area contributed by atoms with Gasteiger partial charge in [-0.15, -0.1) is 0 Å². The fourth-order valence-electron chi connectivity index (χ4n) is 2.80. The van der Waals surface area contributed by atoms with E-state index in [1.807, 2.05) is 31.2 Å². The molecule has 3 aromatic rings. The standard InChI is InChI=1S/C19H18FN3O3/c1-12(8-13-4-2-3-5-15(13)20)21-10-18-22-19(26-23-18)14-6-7-16-17(9-14)25-11-24-16/h2-7,9,12,21H,8,10-11H2,1H3. The summed E-state index contributed by atoms with van der Waals surface area (Å²) in [6.45, 7) is 2.65.